The second-order valence-corrected chi connectivity index (χ2v) is 15.8. The predicted molar refractivity (Wildman–Crippen MR) is 251 cm³/mol. The van der Waals surface area contributed by atoms with Crippen molar-refractivity contribution in [3.63, 3.8) is 0 Å². The van der Waals surface area contributed by atoms with Crippen molar-refractivity contribution in [3.05, 3.63) is 247 Å². The standard InChI is InChI=1S/C58H37N3/c1-4-16-42(17-5-1)57-60-52-27-15-12-24-47(52)55(61-57)40-32-28-38(29-33-40)39-30-34-41(35-31-39)56-48-36-37-50-54(53(48)46-23-11-14-26-51(46)59-56)45-22-10-13-25-49(45)58(50,43-18-6-2-7-19-43)44-20-8-3-9-21-44/h1-37H. The molecular weight excluding hydrogens is 739 g/mol. The molecule has 0 fully saturated rings. The molecule has 2 aromatic heterocycles. The molecule has 0 bridgehead atoms. The number of benzene rings is 9. The maximum atomic E-state index is 5.40. The summed E-state index contributed by atoms with van der Waals surface area (Å²) >= 11 is 0. The van der Waals surface area contributed by atoms with E-state index in [1.807, 2.05) is 24.3 Å². The van der Waals surface area contributed by atoms with E-state index in [0.29, 0.717) is 0 Å². The molecule has 0 atom stereocenters. The summed E-state index contributed by atoms with van der Waals surface area (Å²) < 4.78 is 0. The van der Waals surface area contributed by atoms with E-state index in [9.17, 15) is 0 Å². The van der Waals surface area contributed by atoms with E-state index in [1.165, 1.54) is 38.8 Å². The van der Waals surface area contributed by atoms with Crippen LogP contribution in [0.1, 0.15) is 22.3 Å². The summed E-state index contributed by atoms with van der Waals surface area (Å²) in [5.41, 5.74) is 16.4. The summed E-state index contributed by atoms with van der Waals surface area (Å²) in [5, 5.41) is 4.59. The summed E-state index contributed by atoms with van der Waals surface area (Å²) in [4.78, 5) is 15.4. The van der Waals surface area contributed by atoms with E-state index < -0.39 is 5.41 Å². The lowest BCUT2D eigenvalue weighted by Gasteiger charge is -2.34. The highest BCUT2D eigenvalue weighted by Gasteiger charge is 2.46. The van der Waals surface area contributed by atoms with Crippen LogP contribution >= 0.6 is 0 Å². The molecule has 0 unspecified atom stereocenters. The normalized spacial score (nSPS) is 12.7. The molecule has 284 valence electrons. The van der Waals surface area contributed by atoms with Crippen molar-refractivity contribution < 1.29 is 0 Å². The van der Waals surface area contributed by atoms with Crippen molar-refractivity contribution in [2.45, 2.75) is 5.41 Å². The molecule has 0 radical (unpaired) electrons. The number of rotatable bonds is 6. The first-order valence-electron chi connectivity index (χ1n) is 20.9. The minimum Gasteiger partial charge on any atom is -0.247 e. The fourth-order valence-electron chi connectivity index (χ4n) is 9.85. The minimum absolute atomic E-state index is 0.477. The summed E-state index contributed by atoms with van der Waals surface area (Å²) in [7, 11) is 0. The van der Waals surface area contributed by atoms with E-state index >= 15 is 0 Å². The monoisotopic (exact) mass is 775 g/mol. The van der Waals surface area contributed by atoms with Crippen LogP contribution in [0.15, 0.2) is 224 Å². The molecule has 12 rings (SSSR count). The topological polar surface area (TPSA) is 38.7 Å². The van der Waals surface area contributed by atoms with Gasteiger partial charge in [0.15, 0.2) is 5.82 Å². The lowest BCUT2D eigenvalue weighted by molar-refractivity contribution is 0.769. The van der Waals surface area contributed by atoms with Crippen molar-refractivity contribution in [1.29, 1.82) is 0 Å². The molecule has 0 saturated heterocycles. The molecule has 0 aliphatic heterocycles. The smallest absolute Gasteiger partial charge is 0.160 e. The Kier molecular flexibility index (Phi) is 8.07. The summed E-state index contributed by atoms with van der Waals surface area (Å²) in [6.07, 6.45) is 0. The van der Waals surface area contributed by atoms with Crippen molar-refractivity contribution in [2.24, 2.45) is 0 Å². The highest BCUT2D eigenvalue weighted by molar-refractivity contribution is 6.19. The third-order valence-corrected chi connectivity index (χ3v) is 12.6. The molecule has 0 amide bonds. The van der Waals surface area contributed by atoms with Gasteiger partial charge in [-0.15, -0.1) is 0 Å². The van der Waals surface area contributed by atoms with Crippen molar-refractivity contribution in [3.8, 4) is 56.2 Å². The van der Waals surface area contributed by atoms with Gasteiger partial charge in [-0.3, -0.25) is 0 Å². The van der Waals surface area contributed by atoms with Gasteiger partial charge in [0.25, 0.3) is 0 Å². The van der Waals surface area contributed by atoms with Crippen molar-refractivity contribution in [1.82, 2.24) is 15.0 Å². The Labute approximate surface area is 354 Å². The average molecular weight is 776 g/mol. The molecule has 11 aromatic rings. The van der Waals surface area contributed by atoms with Crippen LogP contribution in [0.5, 0.6) is 0 Å². The molecule has 0 spiro atoms. The summed E-state index contributed by atoms with van der Waals surface area (Å²) in [6, 6.07) is 80.4. The highest BCUT2D eigenvalue weighted by Crippen LogP contribution is 2.58. The Morgan fingerprint density at radius 1 is 0.295 bits per heavy atom. The molecule has 1 aliphatic rings. The first-order valence-corrected chi connectivity index (χ1v) is 20.9. The molecule has 3 heteroatoms. The number of aromatic nitrogens is 3. The van der Waals surface area contributed by atoms with Crippen LogP contribution in [-0.2, 0) is 5.41 Å². The molecule has 9 aromatic carbocycles. The van der Waals surface area contributed by atoms with Gasteiger partial charge in [0.05, 0.1) is 27.8 Å². The van der Waals surface area contributed by atoms with Crippen LogP contribution in [0.4, 0.5) is 0 Å². The Morgan fingerprint density at radius 2 is 0.787 bits per heavy atom. The van der Waals surface area contributed by atoms with Crippen LogP contribution in [0.2, 0.25) is 0 Å². The Bertz CT molecular complexity index is 3390. The second-order valence-electron chi connectivity index (χ2n) is 15.8. The van der Waals surface area contributed by atoms with Gasteiger partial charge < -0.3 is 0 Å². The summed E-state index contributed by atoms with van der Waals surface area (Å²) in [6.45, 7) is 0. The fraction of sp³-hybridized carbons (Fsp3) is 0.0172. The molecule has 61 heavy (non-hydrogen) atoms. The number of hydrogen-bond acceptors (Lipinski definition) is 3. The average Bonchev–Trinajstić information content (AvgIpc) is 3.65. The van der Waals surface area contributed by atoms with Gasteiger partial charge in [-0.2, -0.15) is 0 Å². The van der Waals surface area contributed by atoms with Crippen molar-refractivity contribution >= 4 is 32.6 Å². The maximum Gasteiger partial charge on any atom is 0.160 e. The van der Waals surface area contributed by atoms with Crippen LogP contribution in [0, 0.1) is 0 Å². The first kappa shape index (κ1) is 35.0. The number of hydrogen-bond donors (Lipinski definition) is 0. The zero-order chi connectivity index (χ0) is 40.3. The van der Waals surface area contributed by atoms with Gasteiger partial charge in [0.2, 0.25) is 0 Å². The number of nitrogens with zero attached hydrogens (tertiary/aromatic N) is 3. The first-order chi connectivity index (χ1) is 30.3. The Hall–Kier alpha value is -8.01. The third-order valence-electron chi connectivity index (χ3n) is 12.6. The lowest BCUT2D eigenvalue weighted by Crippen LogP contribution is -2.28. The minimum atomic E-state index is -0.477. The molecule has 1 aliphatic carbocycles. The van der Waals surface area contributed by atoms with E-state index in [2.05, 4.69) is 200 Å². The predicted octanol–water partition coefficient (Wildman–Crippen LogP) is 14.4. The SMILES string of the molecule is c1ccc(-c2nc(-c3ccc(-c4ccc(-c5nc6ccccc6c6c7c(ccc56)C(c5ccccc5)(c5ccccc5)c5ccccc5-7)cc4)cc3)c3ccccc3n2)cc1. The lowest BCUT2D eigenvalue weighted by atomic mass is 9.67. The number of fused-ring (bicyclic) bond motifs is 8. The largest absolute Gasteiger partial charge is 0.247 e. The van der Waals surface area contributed by atoms with Crippen LogP contribution in [0.25, 0.3) is 88.7 Å². The van der Waals surface area contributed by atoms with Gasteiger partial charge in [-0.05, 0) is 56.6 Å². The second kappa shape index (κ2) is 14.1. The molecule has 2 heterocycles. The number of para-hydroxylation sites is 2. The maximum absolute atomic E-state index is 5.40. The Morgan fingerprint density at radius 3 is 1.43 bits per heavy atom. The van der Waals surface area contributed by atoms with Crippen LogP contribution < -0.4 is 0 Å². The van der Waals surface area contributed by atoms with E-state index in [-0.39, 0.29) is 0 Å². The fourth-order valence-corrected chi connectivity index (χ4v) is 9.85. The van der Waals surface area contributed by atoms with Gasteiger partial charge in [-0.1, -0.05) is 212 Å². The molecular formula is C58H37N3. The van der Waals surface area contributed by atoms with Gasteiger partial charge in [0.1, 0.15) is 0 Å². The van der Waals surface area contributed by atoms with Crippen LogP contribution in [0.3, 0.4) is 0 Å². The quantitative estimate of drug-likeness (QED) is 0.158. The molecule has 3 nitrogen and oxygen atoms in total. The van der Waals surface area contributed by atoms with E-state index in [0.717, 1.165) is 72.2 Å². The number of pyridine rings is 1. The van der Waals surface area contributed by atoms with Gasteiger partial charge in [0, 0.05) is 38.2 Å². The molecule has 0 N–H and O–H groups in total. The van der Waals surface area contributed by atoms with Crippen LogP contribution in [-0.4, -0.2) is 15.0 Å². The van der Waals surface area contributed by atoms with Gasteiger partial charge >= 0.3 is 0 Å². The third kappa shape index (κ3) is 5.48. The Balaban J connectivity index is 0.985. The van der Waals surface area contributed by atoms with E-state index in [1.54, 1.807) is 0 Å². The van der Waals surface area contributed by atoms with E-state index in [4.69, 9.17) is 15.0 Å². The van der Waals surface area contributed by atoms with Crippen molar-refractivity contribution in [2.75, 3.05) is 0 Å². The van der Waals surface area contributed by atoms with Gasteiger partial charge in [-0.25, -0.2) is 15.0 Å². The highest BCUT2D eigenvalue weighted by atomic mass is 14.9. The zero-order valence-corrected chi connectivity index (χ0v) is 33.2. The zero-order valence-electron chi connectivity index (χ0n) is 33.2. The molecule has 0 saturated carbocycles. The summed E-state index contributed by atoms with van der Waals surface area (Å²) in [5.74, 6) is 0.727.